The lowest BCUT2D eigenvalue weighted by atomic mass is 9.95. The van der Waals surface area contributed by atoms with E-state index < -0.39 is 6.04 Å². The summed E-state index contributed by atoms with van der Waals surface area (Å²) < 4.78 is 11.5. The van der Waals surface area contributed by atoms with Gasteiger partial charge in [0.15, 0.2) is 5.11 Å². The Morgan fingerprint density at radius 1 is 1.07 bits per heavy atom. The smallest absolute Gasteiger partial charge is 0.338 e. The predicted molar refractivity (Wildman–Crippen MR) is 118 cm³/mol. The monoisotopic (exact) mass is 410 g/mol. The summed E-state index contributed by atoms with van der Waals surface area (Å²) in [4.78, 5) is 13.0. The number of carbonyl (C=O) groups is 1. The summed E-state index contributed by atoms with van der Waals surface area (Å²) >= 11 is 5.33. The van der Waals surface area contributed by atoms with E-state index in [1.165, 1.54) is 0 Å². The number of allylic oxidation sites excluding steroid dienone is 1. The maximum Gasteiger partial charge on any atom is 0.338 e. The van der Waals surface area contributed by atoms with Crippen molar-refractivity contribution in [2.45, 2.75) is 32.7 Å². The molecule has 3 rings (SSSR count). The summed E-state index contributed by atoms with van der Waals surface area (Å²) in [7, 11) is 0. The number of thiocarbonyl (C=S) groups is 1. The second-order valence-corrected chi connectivity index (χ2v) is 7.24. The Morgan fingerprint density at radius 2 is 1.79 bits per heavy atom. The lowest BCUT2D eigenvalue weighted by Crippen LogP contribution is -2.45. The first-order chi connectivity index (χ1) is 14.1. The molecular formula is C23H26N2O3S. The minimum atomic E-state index is -0.430. The molecule has 152 valence electrons. The molecule has 0 radical (unpaired) electrons. The Bertz CT molecular complexity index is 896. The lowest BCUT2D eigenvalue weighted by molar-refractivity contribution is -0.139. The molecule has 1 heterocycles. The number of ether oxygens (including phenoxy) is 2. The van der Waals surface area contributed by atoms with Crippen LogP contribution in [0.25, 0.3) is 0 Å². The van der Waals surface area contributed by atoms with Crippen LogP contribution in [-0.4, -0.2) is 24.3 Å². The molecule has 0 aromatic heterocycles. The fraction of sp³-hybridized carbons (Fsp3) is 0.304. The molecule has 0 saturated heterocycles. The van der Waals surface area contributed by atoms with Crippen molar-refractivity contribution in [1.29, 1.82) is 0 Å². The van der Waals surface area contributed by atoms with Crippen molar-refractivity contribution in [3.05, 3.63) is 77.0 Å². The van der Waals surface area contributed by atoms with Crippen LogP contribution in [0.15, 0.2) is 65.9 Å². The van der Waals surface area contributed by atoms with E-state index in [4.69, 9.17) is 21.7 Å². The zero-order valence-electron chi connectivity index (χ0n) is 16.7. The topological polar surface area (TPSA) is 59.6 Å². The number of esters is 1. The van der Waals surface area contributed by atoms with Crippen molar-refractivity contribution < 1.29 is 14.3 Å². The molecule has 2 aromatic carbocycles. The van der Waals surface area contributed by atoms with Gasteiger partial charge in [0.1, 0.15) is 5.75 Å². The van der Waals surface area contributed by atoms with E-state index in [9.17, 15) is 4.79 Å². The lowest BCUT2D eigenvalue weighted by Gasteiger charge is -2.30. The fourth-order valence-electron chi connectivity index (χ4n) is 3.24. The van der Waals surface area contributed by atoms with Gasteiger partial charge >= 0.3 is 5.97 Å². The van der Waals surface area contributed by atoms with Gasteiger partial charge in [0.2, 0.25) is 0 Å². The molecule has 2 aromatic rings. The van der Waals surface area contributed by atoms with E-state index in [1.807, 2.05) is 61.5 Å². The van der Waals surface area contributed by atoms with Gasteiger partial charge in [-0.15, -0.1) is 0 Å². The Morgan fingerprint density at radius 3 is 2.55 bits per heavy atom. The number of nitrogens with one attached hydrogen (secondary N) is 2. The maximum atomic E-state index is 13.0. The van der Waals surface area contributed by atoms with Crippen LogP contribution in [0.2, 0.25) is 0 Å². The molecular weight excluding hydrogens is 384 g/mol. The summed E-state index contributed by atoms with van der Waals surface area (Å²) in [6.45, 7) is 4.81. The highest BCUT2D eigenvalue weighted by atomic mass is 32.1. The van der Waals surface area contributed by atoms with Gasteiger partial charge in [0.05, 0.1) is 24.8 Å². The predicted octanol–water partition coefficient (Wildman–Crippen LogP) is 4.05. The largest absolute Gasteiger partial charge is 0.493 e. The number of rotatable bonds is 8. The minimum Gasteiger partial charge on any atom is -0.493 e. The van der Waals surface area contributed by atoms with Crippen LogP contribution >= 0.6 is 12.2 Å². The van der Waals surface area contributed by atoms with Gasteiger partial charge in [0, 0.05) is 17.7 Å². The third kappa shape index (κ3) is 5.35. The highest BCUT2D eigenvalue weighted by molar-refractivity contribution is 7.80. The molecule has 0 spiro atoms. The van der Waals surface area contributed by atoms with Crippen molar-refractivity contribution in [2.24, 2.45) is 0 Å². The molecule has 1 aliphatic heterocycles. The van der Waals surface area contributed by atoms with Crippen LogP contribution < -0.4 is 15.4 Å². The molecule has 29 heavy (non-hydrogen) atoms. The second-order valence-electron chi connectivity index (χ2n) is 6.83. The molecule has 1 unspecified atom stereocenters. The van der Waals surface area contributed by atoms with Crippen molar-refractivity contribution in [3.63, 3.8) is 0 Å². The Labute approximate surface area is 177 Å². The van der Waals surface area contributed by atoms with Gasteiger partial charge in [0.25, 0.3) is 0 Å². The second kappa shape index (κ2) is 10.1. The molecule has 6 heteroatoms. The molecule has 2 N–H and O–H groups in total. The molecule has 0 amide bonds. The Kier molecular flexibility index (Phi) is 7.25. The standard InChI is InChI=1S/C23H26N2O3S/c1-3-14-27-19-12-8-7-11-18(19)21-20(16(2)24-23(29)25-21)22(26)28-15-13-17-9-5-4-6-10-17/h4-12,21H,3,13-15H2,1-2H3,(H2,24,25,29). The SMILES string of the molecule is CCCOc1ccccc1C1NC(=S)NC(C)=C1C(=O)OCCc1ccccc1. The average Bonchev–Trinajstić information content (AvgIpc) is 2.72. The van der Waals surface area contributed by atoms with E-state index in [0.29, 0.717) is 36.0 Å². The highest BCUT2D eigenvalue weighted by Crippen LogP contribution is 2.33. The quantitative estimate of drug-likeness (QED) is 0.506. The summed E-state index contributed by atoms with van der Waals surface area (Å²) in [5.41, 5.74) is 3.19. The summed E-state index contributed by atoms with van der Waals surface area (Å²) in [6.07, 6.45) is 1.56. The Hall–Kier alpha value is -2.86. The van der Waals surface area contributed by atoms with Gasteiger partial charge in [-0.2, -0.15) is 0 Å². The zero-order chi connectivity index (χ0) is 20.6. The number of carbonyl (C=O) groups excluding carboxylic acids is 1. The fourth-order valence-corrected chi connectivity index (χ4v) is 3.52. The molecule has 0 fully saturated rings. The van der Waals surface area contributed by atoms with Crippen LogP contribution in [-0.2, 0) is 16.0 Å². The molecule has 1 aliphatic rings. The van der Waals surface area contributed by atoms with E-state index in [2.05, 4.69) is 17.6 Å². The first kappa shape index (κ1) is 20.9. The van der Waals surface area contributed by atoms with Crippen LogP contribution in [0.1, 0.15) is 37.4 Å². The number of hydrogen-bond donors (Lipinski definition) is 2. The zero-order valence-corrected chi connectivity index (χ0v) is 17.6. The van der Waals surface area contributed by atoms with Crippen LogP contribution in [0, 0.1) is 0 Å². The van der Waals surface area contributed by atoms with Gasteiger partial charge < -0.3 is 20.1 Å². The van der Waals surface area contributed by atoms with E-state index in [-0.39, 0.29) is 5.97 Å². The van der Waals surface area contributed by atoms with Gasteiger partial charge in [-0.1, -0.05) is 55.5 Å². The summed E-state index contributed by atoms with van der Waals surface area (Å²) in [6, 6.07) is 17.2. The number of benzene rings is 2. The van der Waals surface area contributed by atoms with Crippen LogP contribution in [0.5, 0.6) is 5.75 Å². The molecule has 0 bridgehead atoms. The van der Waals surface area contributed by atoms with E-state index in [0.717, 1.165) is 23.3 Å². The van der Waals surface area contributed by atoms with Crippen molar-refractivity contribution in [2.75, 3.05) is 13.2 Å². The summed E-state index contributed by atoms with van der Waals surface area (Å²) in [5.74, 6) is 0.371. The van der Waals surface area contributed by atoms with E-state index in [1.54, 1.807) is 0 Å². The first-order valence-electron chi connectivity index (χ1n) is 9.81. The van der Waals surface area contributed by atoms with Gasteiger partial charge in [-0.3, -0.25) is 0 Å². The first-order valence-corrected chi connectivity index (χ1v) is 10.2. The maximum absolute atomic E-state index is 13.0. The van der Waals surface area contributed by atoms with Gasteiger partial charge in [-0.05, 0) is 37.2 Å². The van der Waals surface area contributed by atoms with Crippen molar-refractivity contribution >= 4 is 23.3 Å². The molecule has 0 saturated carbocycles. The normalized spacial score (nSPS) is 16.1. The van der Waals surface area contributed by atoms with E-state index >= 15 is 0 Å². The third-order valence-corrected chi connectivity index (χ3v) is 4.87. The Balaban J connectivity index is 1.80. The van der Waals surface area contributed by atoms with Crippen molar-refractivity contribution in [3.8, 4) is 5.75 Å². The molecule has 5 nitrogen and oxygen atoms in total. The van der Waals surface area contributed by atoms with Crippen LogP contribution in [0.3, 0.4) is 0 Å². The average molecular weight is 411 g/mol. The highest BCUT2D eigenvalue weighted by Gasteiger charge is 2.32. The minimum absolute atomic E-state index is 0.310. The molecule has 1 atom stereocenters. The summed E-state index contributed by atoms with van der Waals surface area (Å²) in [5, 5.41) is 6.71. The molecule has 0 aliphatic carbocycles. The van der Waals surface area contributed by atoms with Crippen molar-refractivity contribution in [1.82, 2.24) is 10.6 Å². The number of para-hydroxylation sites is 1. The van der Waals surface area contributed by atoms with Crippen LogP contribution in [0.4, 0.5) is 0 Å². The number of hydrogen-bond acceptors (Lipinski definition) is 4. The third-order valence-electron chi connectivity index (χ3n) is 4.65. The van der Waals surface area contributed by atoms with Gasteiger partial charge in [-0.25, -0.2) is 4.79 Å².